The van der Waals surface area contributed by atoms with Crippen molar-refractivity contribution in [2.24, 2.45) is 5.92 Å². The molecule has 0 saturated heterocycles. The van der Waals surface area contributed by atoms with E-state index >= 15 is 0 Å². The van der Waals surface area contributed by atoms with Gasteiger partial charge in [-0.2, -0.15) is 10.4 Å². The Morgan fingerprint density at radius 2 is 2.29 bits per heavy atom. The number of amides is 1. The minimum atomic E-state index is -0.626. The third-order valence-corrected chi connectivity index (χ3v) is 4.44. The number of nitrogens with one attached hydrogen (secondary N) is 1. The molecule has 8 heteroatoms. The number of pyridine rings is 2. The number of aliphatic hydroxyl groups excluding tert-OH is 1. The molecular weight excluding hydrogens is 358 g/mol. The first-order valence-electron chi connectivity index (χ1n) is 9.05. The molecule has 0 spiro atoms. The number of hydrogen-bond donors (Lipinski definition) is 2. The van der Waals surface area contributed by atoms with Crippen LogP contribution in [-0.4, -0.2) is 38.3 Å². The molecule has 2 N–H and O–H groups in total. The van der Waals surface area contributed by atoms with Crippen molar-refractivity contribution in [3.8, 4) is 22.9 Å². The average Bonchev–Trinajstić information content (AvgIpc) is 3.46. The first-order chi connectivity index (χ1) is 13.5. The molecule has 1 fully saturated rings. The van der Waals surface area contributed by atoms with Gasteiger partial charge in [0.25, 0.3) is 0 Å². The highest BCUT2D eigenvalue weighted by Crippen LogP contribution is 2.32. The van der Waals surface area contributed by atoms with Gasteiger partial charge in [-0.3, -0.25) is 4.79 Å². The van der Waals surface area contributed by atoms with Crippen molar-refractivity contribution in [2.75, 3.05) is 11.9 Å². The highest BCUT2D eigenvalue weighted by molar-refractivity contribution is 5.93. The molecule has 4 rings (SSSR count). The number of carbonyl (C=O) groups excluding carboxylic acids is 1. The van der Waals surface area contributed by atoms with E-state index < -0.39 is 6.10 Å². The van der Waals surface area contributed by atoms with Crippen molar-refractivity contribution in [2.45, 2.75) is 25.9 Å². The van der Waals surface area contributed by atoms with Crippen LogP contribution in [0, 0.1) is 17.2 Å². The maximum absolute atomic E-state index is 11.9. The van der Waals surface area contributed by atoms with E-state index in [1.165, 1.54) is 6.20 Å². The van der Waals surface area contributed by atoms with E-state index in [2.05, 4.69) is 15.4 Å². The lowest BCUT2D eigenvalue weighted by Crippen LogP contribution is -2.13. The van der Waals surface area contributed by atoms with E-state index in [1.54, 1.807) is 29.8 Å². The standard InChI is InChI=1S/C20H19N5O3/c1-12(26)11-28-18-10-22-15(9-21)7-17(18)14-4-5-25-16(6-14)8-19(24-25)23-20(27)13-2-3-13/h4-8,10,12-13,26H,2-3,11H2,1H3,(H,23,24,27)/t12-/m1/s1. The predicted octanol–water partition coefficient (Wildman–Crippen LogP) is 2.38. The Balaban J connectivity index is 1.67. The summed E-state index contributed by atoms with van der Waals surface area (Å²) in [6.07, 6.45) is 4.50. The monoisotopic (exact) mass is 377 g/mol. The van der Waals surface area contributed by atoms with E-state index in [1.807, 2.05) is 18.2 Å². The minimum Gasteiger partial charge on any atom is -0.489 e. The van der Waals surface area contributed by atoms with Crippen LogP contribution in [0.5, 0.6) is 5.75 Å². The number of rotatable bonds is 6. The lowest BCUT2D eigenvalue weighted by molar-refractivity contribution is -0.117. The number of carbonyl (C=O) groups is 1. The van der Waals surface area contributed by atoms with E-state index in [4.69, 9.17) is 4.74 Å². The Labute approximate surface area is 161 Å². The van der Waals surface area contributed by atoms with Crippen LogP contribution in [0.2, 0.25) is 0 Å². The second-order valence-corrected chi connectivity index (χ2v) is 6.92. The quantitative estimate of drug-likeness (QED) is 0.682. The molecule has 1 atom stereocenters. The summed E-state index contributed by atoms with van der Waals surface area (Å²) in [6, 6.07) is 9.21. The normalized spacial score (nSPS) is 14.5. The van der Waals surface area contributed by atoms with Crippen molar-refractivity contribution in [1.82, 2.24) is 14.6 Å². The second kappa shape index (κ2) is 7.29. The van der Waals surface area contributed by atoms with Crippen molar-refractivity contribution >= 4 is 17.2 Å². The Hall–Kier alpha value is -3.44. The zero-order chi connectivity index (χ0) is 19.7. The molecule has 3 aromatic rings. The predicted molar refractivity (Wildman–Crippen MR) is 102 cm³/mol. The molecule has 0 radical (unpaired) electrons. The van der Waals surface area contributed by atoms with Crippen LogP contribution in [0.15, 0.2) is 36.7 Å². The Bertz CT molecular complexity index is 1080. The topological polar surface area (TPSA) is 113 Å². The van der Waals surface area contributed by atoms with Gasteiger partial charge in [-0.25, -0.2) is 9.50 Å². The van der Waals surface area contributed by atoms with Crippen molar-refractivity contribution in [1.29, 1.82) is 5.26 Å². The number of aliphatic hydroxyl groups is 1. The van der Waals surface area contributed by atoms with Gasteiger partial charge in [0.05, 0.1) is 17.8 Å². The molecule has 1 amide bonds. The lowest BCUT2D eigenvalue weighted by Gasteiger charge is -2.13. The summed E-state index contributed by atoms with van der Waals surface area (Å²) in [5.41, 5.74) is 2.57. The van der Waals surface area contributed by atoms with E-state index in [0.717, 1.165) is 23.9 Å². The third-order valence-electron chi connectivity index (χ3n) is 4.44. The molecule has 3 heterocycles. The number of nitriles is 1. The molecule has 0 aromatic carbocycles. The Morgan fingerprint density at radius 3 is 3.00 bits per heavy atom. The Morgan fingerprint density at radius 1 is 1.46 bits per heavy atom. The number of aromatic nitrogens is 3. The number of ether oxygens (including phenoxy) is 1. The van der Waals surface area contributed by atoms with Gasteiger partial charge in [-0.15, -0.1) is 0 Å². The molecule has 28 heavy (non-hydrogen) atoms. The fraction of sp³-hybridized carbons (Fsp3) is 0.300. The molecule has 1 saturated carbocycles. The van der Waals surface area contributed by atoms with Gasteiger partial charge in [0.15, 0.2) is 5.82 Å². The number of anilines is 1. The highest BCUT2D eigenvalue weighted by atomic mass is 16.5. The fourth-order valence-electron chi connectivity index (χ4n) is 2.85. The minimum absolute atomic E-state index is 0.00485. The Kier molecular flexibility index (Phi) is 4.67. The third kappa shape index (κ3) is 3.80. The summed E-state index contributed by atoms with van der Waals surface area (Å²) in [5, 5.41) is 25.9. The van der Waals surface area contributed by atoms with Crippen LogP contribution in [-0.2, 0) is 4.79 Å². The van der Waals surface area contributed by atoms with Gasteiger partial charge < -0.3 is 15.2 Å². The molecule has 1 aliphatic rings. The molecule has 0 aliphatic heterocycles. The van der Waals surface area contributed by atoms with Crippen LogP contribution in [0.4, 0.5) is 5.82 Å². The first-order valence-corrected chi connectivity index (χ1v) is 9.05. The van der Waals surface area contributed by atoms with Gasteiger partial charge in [-0.05, 0) is 43.5 Å². The average molecular weight is 377 g/mol. The number of hydrogen-bond acceptors (Lipinski definition) is 6. The fourth-order valence-corrected chi connectivity index (χ4v) is 2.85. The summed E-state index contributed by atoms with van der Waals surface area (Å²) in [4.78, 5) is 16.0. The van der Waals surface area contributed by atoms with Crippen LogP contribution < -0.4 is 10.1 Å². The first kappa shape index (κ1) is 17.9. The van der Waals surface area contributed by atoms with Gasteiger partial charge in [0.2, 0.25) is 5.91 Å². The smallest absolute Gasteiger partial charge is 0.228 e. The van der Waals surface area contributed by atoms with Crippen LogP contribution in [0.1, 0.15) is 25.5 Å². The van der Waals surface area contributed by atoms with E-state index in [9.17, 15) is 15.2 Å². The molecule has 0 bridgehead atoms. The summed E-state index contributed by atoms with van der Waals surface area (Å²) >= 11 is 0. The summed E-state index contributed by atoms with van der Waals surface area (Å²) in [7, 11) is 0. The molecule has 1 aliphatic carbocycles. The second-order valence-electron chi connectivity index (χ2n) is 6.92. The van der Waals surface area contributed by atoms with Gasteiger partial charge in [-0.1, -0.05) is 0 Å². The largest absolute Gasteiger partial charge is 0.489 e. The molecular formula is C20H19N5O3. The SMILES string of the molecule is C[C@@H](O)COc1cnc(C#N)cc1-c1ccn2nc(NC(=O)C3CC3)cc2c1. The van der Waals surface area contributed by atoms with Gasteiger partial charge in [0, 0.05) is 23.7 Å². The van der Waals surface area contributed by atoms with Crippen LogP contribution in [0.25, 0.3) is 16.6 Å². The van der Waals surface area contributed by atoms with Crippen molar-refractivity contribution < 1.29 is 14.6 Å². The zero-order valence-electron chi connectivity index (χ0n) is 15.3. The number of fused-ring (bicyclic) bond motifs is 1. The maximum Gasteiger partial charge on any atom is 0.228 e. The number of nitrogens with zero attached hydrogens (tertiary/aromatic N) is 4. The summed E-state index contributed by atoms with van der Waals surface area (Å²) in [6.45, 7) is 1.75. The zero-order valence-corrected chi connectivity index (χ0v) is 15.3. The summed E-state index contributed by atoms with van der Waals surface area (Å²) < 4.78 is 7.33. The lowest BCUT2D eigenvalue weighted by atomic mass is 10.1. The van der Waals surface area contributed by atoms with Gasteiger partial charge in [0.1, 0.15) is 24.1 Å². The van der Waals surface area contributed by atoms with E-state index in [0.29, 0.717) is 17.1 Å². The maximum atomic E-state index is 11.9. The molecule has 142 valence electrons. The molecule has 0 unspecified atom stereocenters. The molecule has 8 nitrogen and oxygen atoms in total. The van der Waals surface area contributed by atoms with Crippen LogP contribution >= 0.6 is 0 Å². The summed E-state index contributed by atoms with van der Waals surface area (Å²) in [5.74, 6) is 1.10. The highest BCUT2D eigenvalue weighted by Gasteiger charge is 2.30. The molecule has 3 aromatic heterocycles. The van der Waals surface area contributed by atoms with Gasteiger partial charge >= 0.3 is 0 Å². The van der Waals surface area contributed by atoms with Crippen molar-refractivity contribution in [3.05, 3.63) is 42.4 Å². The van der Waals surface area contributed by atoms with Crippen LogP contribution in [0.3, 0.4) is 0 Å². The van der Waals surface area contributed by atoms with E-state index in [-0.39, 0.29) is 24.1 Å². The van der Waals surface area contributed by atoms with Crippen molar-refractivity contribution in [3.63, 3.8) is 0 Å².